The number of sulfone groups is 1. The van der Waals surface area contributed by atoms with Crippen molar-refractivity contribution in [1.82, 2.24) is 9.21 Å². The summed E-state index contributed by atoms with van der Waals surface area (Å²) in [5.74, 6) is 0.383. The Morgan fingerprint density at radius 1 is 1.08 bits per heavy atom. The van der Waals surface area contributed by atoms with Gasteiger partial charge in [-0.3, -0.25) is 4.90 Å². The van der Waals surface area contributed by atoms with Crippen LogP contribution in [0.5, 0.6) is 0 Å². The summed E-state index contributed by atoms with van der Waals surface area (Å²) >= 11 is 11.9. The highest BCUT2D eigenvalue weighted by Gasteiger charge is 2.36. The number of piperazine rings is 1. The maximum atomic E-state index is 12.8. The second kappa shape index (κ2) is 6.74. The summed E-state index contributed by atoms with van der Waals surface area (Å²) < 4.78 is 50.1. The summed E-state index contributed by atoms with van der Waals surface area (Å²) in [6.07, 6.45) is 0.620. The quantitative estimate of drug-likeness (QED) is 0.751. The van der Waals surface area contributed by atoms with Gasteiger partial charge in [-0.25, -0.2) is 16.8 Å². The van der Waals surface area contributed by atoms with Gasteiger partial charge in [-0.05, 0) is 24.6 Å². The van der Waals surface area contributed by atoms with Crippen LogP contribution >= 0.6 is 23.2 Å². The third kappa shape index (κ3) is 3.73. The number of halogens is 2. The van der Waals surface area contributed by atoms with Crippen molar-refractivity contribution in [3.63, 3.8) is 0 Å². The van der Waals surface area contributed by atoms with Crippen LogP contribution in [0.4, 0.5) is 0 Å². The van der Waals surface area contributed by atoms with E-state index < -0.39 is 19.9 Å². The molecule has 2 aliphatic heterocycles. The first-order valence-electron chi connectivity index (χ1n) is 7.59. The number of benzene rings is 1. The van der Waals surface area contributed by atoms with Crippen LogP contribution in [0.3, 0.4) is 0 Å². The maximum absolute atomic E-state index is 12.8. The predicted molar refractivity (Wildman–Crippen MR) is 93.9 cm³/mol. The van der Waals surface area contributed by atoms with E-state index in [0.717, 1.165) is 0 Å². The molecular formula is C14H18Cl2N2O4S2. The van der Waals surface area contributed by atoms with Gasteiger partial charge in [0.15, 0.2) is 9.84 Å². The first-order valence-corrected chi connectivity index (χ1v) is 11.6. The molecule has 0 spiro atoms. The van der Waals surface area contributed by atoms with Crippen LogP contribution in [-0.4, -0.2) is 69.8 Å². The molecule has 6 nitrogen and oxygen atoms in total. The normalized spacial score (nSPS) is 25.8. The monoisotopic (exact) mass is 412 g/mol. The number of sulfonamides is 1. The zero-order valence-electron chi connectivity index (χ0n) is 12.9. The molecule has 0 N–H and O–H groups in total. The van der Waals surface area contributed by atoms with E-state index in [9.17, 15) is 16.8 Å². The summed E-state index contributed by atoms with van der Waals surface area (Å²) in [6, 6.07) is 4.36. The molecule has 10 heteroatoms. The molecule has 0 saturated carbocycles. The van der Waals surface area contributed by atoms with Crippen LogP contribution in [0.15, 0.2) is 23.1 Å². The zero-order valence-corrected chi connectivity index (χ0v) is 16.0. The molecule has 0 unspecified atom stereocenters. The third-order valence-corrected chi connectivity index (χ3v) is 8.87. The topological polar surface area (TPSA) is 74.8 Å². The molecule has 2 aliphatic rings. The van der Waals surface area contributed by atoms with Gasteiger partial charge in [0.05, 0.1) is 16.5 Å². The first kappa shape index (κ1) is 18.4. The van der Waals surface area contributed by atoms with Crippen LogP contribution in [0, 0.1) is 0 Å². The van der Waals surface area contributed by atoms with Gasteiger partial charge >= 0.3 is 0 Å². The number of nitrogens with zero attached hydrogens (tertiary/aromatic N) is 2. The number of hydrogen-bond donors (Lipinski definition) is 0. The van der Waals surface area contributed by atoms with E-state index in [1.165, 1.54) is 16.4 Å². The summed E-state index contributed by atoms with van der Waals surface area (Å²) in [6.45, 7) is 1.64. The molecule has 1 atom stereocenters. The van der Waals surface area contributed by atoms with Crippen molar-refractivity contribution in [3.8, 4) is 0 Å². The molecule has 0 bridgehead atoms. The maximum Gasteiger partial charge on any atom is 0.244 e. The van der Waals surface area contributed by atoms with Crippen LogP contribution in [0.2, 0.25) is 10.0 Å². The Kier molecular flexibility index (Phi) is 5.17. The predicted octanol–water partition coefficient (Wildman–Crippen LogP) is 1.49. The molecule has 1 aromatic carbocycles. The minimum Gasteiger partial charge on any atom is -0.297 e. The molecule has 0 aliphatic carbocycles. The minimum atomic E-state index is -3.71. The summed E-state index contributed by atoms with van der Waals surface area (Å²) in [4.78, 5) is 2.07. The van der Waals surface area contributed by atoms with E-state index >= 15 is 0 Å². The van der Waals surface area contributed by atoms with Gasteiger partial charge in [-0.15, -0.1) is 0 Å². The fourth-order valence-corrected chi connectivity index (χ4v) is 7.11. The largest absolute Gasteiger partial charge is 0.297 e. The van der Waals surface area contributed by atoms with Crippen LogP contribution < -0.4 is 0 Å². The van der Waals surface area contributed by atoms with Crippen molar-refractivity contribution in [3.05, 3.63) is 28.2 Å². The van der Waals surface area contributed by atoms with Gasteiger partial charge in [0.2, 0.25) is 10.0 Å². The number of rotatable bonds is 3. The highest BCUT2D eigenvalue weighted by molar-refractivity contribution is 7.91. The van der Waals surface area contributed by atoms with Crippen LogP contribution in [0.1, 0.15) is 6.42 Å². The molecule has 24 heavy (non-hydrogen) atoms. The molecule has 0 amide bonds. The average molecular weight is 413 g/mol. The van der Waals surface area contributed by atoms with E-state index in [1.54, 1.807) is 6.07 Å². The van der Waals surface area contributed by atoms with Crippen molar-refractivity contribution in [1.29, 1.82) is 0 Å². The van der Waals surface area contributed by atoms with Gasteiger partial charge in [0.1, 0.15) is 4.90 Å². The Morgan fingerprint density at radius 3 is 2.33 bits per heavy atom. The summed E-state index contributed by atoms with van der Waals surface area (Å²) in [7, 11) is -6.66. The minimum absolute atomic E-state index is 0.00499. The van der Waals surface area contributed by atoms with Crippen molar-refractivity contribution in [2.75, 3.05) is 37.7 Å². The lowest BCUT2D eigenvalue weighted by Crippen LogP contribution is -2.52. The lowest BCUT2D eigenvalue weighted by molar-refractivity contribution is 0.148. The highest BCUT2D eigenvalue weighted by Crippen LogP contribution is 2.29. The van der Waals surface area contributed by atoms with Crippen LogP contribution in [-0.2, 0) is 19.9 Å². The third-order valence-electron chi connectivity index (χ3n) is 4.51. The fraction of sp³-hybridized carbons (Fsp3) is 0.571. The standard InChI is InChI=1S/C14H18Cl2N2O4S2/c15-11-1-2-13(16)14(9-11)24(21,22)18-6-4-17(5-7-18)12-3-8-23(19,20)10-12/h1-2,9,12H,3-8,10H2/t12-/m1/s1. The van der Waals surface area contributed by atoms with Crippen molar-refractivity contribution >= 4 is 43.1 Å². The Balaban J connectivity index is 1.71. The van der Waals surface area contributed by atoms with Gasteiger partial charge in [0, 0.05) is 37.2 Å². The molecule has 3 rings (SSSR count). The average Bonchev–Trinajstić information content (AvgIpc) is 2.90. The molecule has 0 radical (unpaired) electrons. The van der Waals surface area contributed by atoms with E-state index in [-0.39, 0.29) is 27.5 Å². The number of hydrogen-bond acceptors (Lipinski definition) is 5. The van der Waals surface area contributed by atoms with E-state index in [4.69, 9.17) is 23.2 Å². The molecule has 2 saturated heterocycles. The van der Waals surface area contributed by atoms with E-state index in [2.05, 4.69) is 4.90 Å². The zero-order chi connectivity index (χ0) is 17.5. The Hall–Kier alpha value is -0.380. The molecular weight excluding hydrogens is 395 g/mol. The smallest absolute Gasteiger partial charge is 0.244 e. The second-order valence-electron chi connectivity index (χ2n) is 6.07. The molecule has 1 aromatic rings. The summed E-state index contributed by atoms with van der Waals surface area (Å²) in [5.41, 5.74) is 0. The van der Waals surface area contributed by atoms with Gasteiger partial charge < -0.3 is 0 Å². The first-order chi connectivity index (χ1) is 11.2. The van der Waals surface area contributed by atoms with E-state index in [1.807, 2.05) is 0 Å². The molecule has 2 heterocycles. The van der Waals surface area contributed by atoms with Crippen LogP contribution in [0.25, 0.3) is 0 Å². The molecule has 0 aromatic heterocycles. The summed E-state index contributed by atoms with van der Waals surface area (Å²) in [5, 5.41) is 0.455. The van der Waals surface area contributed by atoms with Gasteiger partial charge in [-0.2, -0.15) is 4.31 Å². The van der Waals surface area contributed by atoms with E-state index in [0.29, 0.717) is 37.6 Å². The molecule has 2 fully saturated rings. The lowest BCUT2D eigenvalue weighted by Gasteiger charge is -2.37. The van der Waals surface area contributed by atoms with Gasteiger partial charge in [0.25, 0.3) is 0 Å². The lowest BCUT2D eigenvalue weighted by atomic mass is 10.2. The second-order valence-corrected chi connectivity index (χ2v) is 11.1. The Morgan fingerprint density at radius 2 is 1.75 bits per heavy atom. The van der Waals surface area contributed by atoms with Crippen molar-refractivity contribution in [2.45, 2.75) is 17.4 Å². The Bertz CT molecular complexity index is 834. The Labute approximate surface area is 152 Å². The van der Waals surface area contributed by atoms with Crippen molar-refractivity contribution in [2.24, 2.45) is 0 Å². The highest BCUT2D eigenvalue weighted by atomic mass is 35.5. The molecule has 134 valence electrons. The SMILES string of the molecule is O=S1(=O)CC[C@@H](N2CCN(S(=O)(=O)c3cc(Cl)ccc3Cl)CC2)C1. The van der Waals surface area contributed by atoms with Crippen molar-refractivity contribution < 1.29 is 16.8 Å². The van der Waals surface area contributed by atoms with Gasteiger partial charge in [-0.1, -0.05) is 23.2 Å². The fourth-order valence-electron chi connectivity index (χ4n) is 3.19.